The molecular weight excluding hydrogens is 528 g/mol. The molecule has 2 heterocycles. The number of aryl methyl sites for hydroxylation is 2. The lowest BCUT2D eigenvalue weighted by Gasteiger charge is -2.19. The number of amides is 2. The van der Waals surface area contributed by atoms with E-state index in [0.29, 0.717) is 28.7 Å². The van der Waals surface area contributed by atoms with Crippen LogP contribution in [0.2, 0.25) is 0 Å². The molecule has 3 N–H and O–H groups in total. The number of halogens is 2. The highest BCUT2D eigenvalue weighted by atomic mass is 79.9. The van der Waals surface area contributed by atoms with Crippen LogP contribution < -0.4 is 16.2 Å². The number of likely N-dealkylation sites (tertiary alicyclic amines) is 1. The Morgan fingerprint density at radius 3 is 2.71 bits per heavy atom. The zero-order valence-corrected chi connectivity index (χ0v) is 20.5. The van der Waals surface area contributed by atoms with Gasteiger partial charge in [0.15, 0.2) is 0 Å². The number of aromatic amines is 1. The second kappa shape index (κ2) is 9.82. The van der Waals surface area contributed by atoms with Gasteiger partial charge in [-0.1, -0.05) is 22.5 Å². The van der Waals surface area contributed by atoms with Crippen LogP contribution in [0.25, 0.3) is 0 Å². The molecule has 1 fully saturated rings. The molecule has 0 radical (unpaired) electrons. The Balaban J connectivity index is 1.74. The maximum Gasteiger partial charge on any atom is 0.253 e. The van der Waals surface area contributed by atoms with E-state index in [-0.39, 0.29) is 30.0 Å². The second-order valence-corrected chi connectivity index (χ2v) is 9.27. The molecule has 2 amide bonds. The third-order valence-corrected chi connectivity index (χ3v) is 6.55. The van der Waals surface area contributed by atoms with Gasteiger partial charge in [0.2, 0.25) is 5.91 Å². The summed E-state index contributed by atoms with van der Waals surface area (Å²) < 4.78 is 1.36. The van der Waals surface area contributed by atoms with Crippen molar-refractivity contribution in [2.75, 3.05) is 18.4 Å². The van der Waals surface area contributed by atoms with Crippen LogP contribution in [0.1, 0.15) is 33.6 Å². The van der Waals surface area contributed by atoms with Crippen molar-refractivity contribution in [2.45, 2.75) is 32.9 Å². The van der Waals surface area contributed by atoms with Gasteiger partial charge in [-0.15, -0.1) is 0 Å². The fourth-order valence-electron chi connectivity index (χ4n) is 3.65. The molecule has 0 aliphatic carbocycles. The lowest BCUT2D eigenvalue weighted by Crippen LogP contribution is -2.30. The van der Waals surface area contributed by atoms with Gasteiger partial charge in [0.25, 0.3) is 11.5 Å². The summed E-state index contributed by atoms with van der Waals surface area (Å²) in [6.45, 7) is 8.56. The Kier molecular flexibility index (Phi) is 7.38. The minimum absolute atomic E-state index is 0.0687. The topological polar surface area (TPSA) is 94.3 Å². The van der Waals surface area contributed by atoms with Gasteiger partial charge in [-0.3, -0.25) is 14.4 Å². The van der Waals surface area contributed by atoms with Crippen LogP contribution in [0.15, 0.2) is 44.6 Å². The fourth-order valence-corrected chi connectivity index (χ4v) is 4.63. The van der Waals surface area contributed by atoms with Crippen LogP contribution >= 0.6 is 31.9 Å². The van der Waals surface area contributed by atoms with Crippen LogP contribution in [0, 0.1) is 13.8 Å². The van der Waals surface area contributed by atoms with Gasteiger partial charge in [0.1, 0.15) is 0 Å². The van der Waals surface area contributed by atoms with Crippen LogP contribution in [0.4, 0.5) is 5.69 Å². The van der Waals surface area contributed by atoms with E-state index in [1.54, 1.807) is 11.0 Å². The van der Waals surface area contributed by atoms with E-state index in [0.717, 1.165) is 27.8 Å². The van der Waals surface area contributed by atoms with E-state index < -0.39 is 0 Å². The highest BCUT2D eigenvalue weighted by molar-refractivity contribution is 9.11. The first kappa shape index (κ1) is 23.3. The average molecular weight is 552 g/mol. The molecule has 31 heavy (non-hydrogen) atoms. The molecule has 2 aromatic rings. The van der Waals surface area contributed by atoms with E-state index in [9.17, 15) is 14.4 Å². The number of pyridine rings is 1. The first-order chi connectivity index (χ1) is 14.7. The molecule has 9 heteroatoms. The Hall–Kier alpha value is -2.39. The van der Waals surface area contributed by atoms with E-state index in [1.807, 2.05) is 26.0 Å². The lowest BCUT2D eigenvalue weighted by molar-refractivity contribution is -0.125. The van der Waals surface area contributed by atoms with Crippen molar-refractivity contribution in [3.8, 4) is 0 Å². The van der Waals surface area contributed by atoms with E-state index >= 15 is 0 Å². The Morgan fingerprint density at radius 2 is 2.03 bits per heavy atom. The molecule has 1 aliphatic heterocycles. The van der Waals surface area contributed by atoms with Crippen molar-refractivity contribution in [3.05, 3.63) is 72.5 Å². The first-order valence-corrected chi connectivity index (χ1v) is 11.4. The normalized spacial score (nSPS) is 15.6. The van der Waals surface area contributed by atoms with Crippen molar-refractivity contribution in [2.24, 2.45) is 0 Å². The number of H-pyrrole nitrogens is 1. The molecule has 3 rings (SSSR count). The van der Waals surface area contributed by atoms with Crippen LogP contribution in [0.5, 0.6) is 0 Å². The summed E-state index contributed by atoms with van der Waals surface area (Å²) in [5, 5.41) is 6.25. The molecule has 164 valence electrons. The summed E-state index contributed by atoms with van der Waals surface area (Å²) in [7, 11) is 0. The number of hydrogen-bond donors (Lipinski definition) is 3. The van der Waals surface area contributed by atoms with Crippen molar-refractivity contribution >= 4 is 49.4 Å². The minimum Gasteiger partial charge on any atom is -0.379 e. The van der Waals surface area contributed by atoms with Crippen molar-refractivity contribution in [3.63, 3.8) is 0 Å². The van der Waals surface area contributed by atoms with Crippen LogP contribution in [-0.4, -0.2) is 40.8 Å². The highest BCUT2D eigenvalue weighted by Crippen LogP contribution is 2.32. The van der Waals surface area contributed by atoms with Gasteiger partial charge in [-0.25, -0.2) is 0 Å². The summed E-state index contributed by atoms with van der Waals surface area (Å²) in [6, 6.07) is 5.55. The number of benzene rings is 1. The SMILES string of the molecule is C=CC(=O)N1CCC(Nc2cc(Br)cc(C(=O)NCc3c(C)cc(C)[nH]c3=O)c2Br)C1. The zero-order chi connectivity index (χ0) is 22.7. The maximum absolute atomic E-state index is 12.9. The monoisotopic (exact) mass is 550 g/mol. The smallest absolute Gasteiger partial charge is 0.253 e. The van der Waals surface area contributed by atoms with Crippen molar-refractivity contribution < 1.29 is 9.59 Å². The number of rotatable bonds is 6. The summed E-state index contributed by atoms with van der Waals surface area (Å²) in [5.74, 6) is -0.385. The number of hydrogen-bond acceptors (Lipinski definition) is 4. The predicted molar refractivity (Wildman–Crippen MR) is 128 cm³/mol. The molecule has 1 aromatic carbocycles. The van der Waals surface area contributed by atoms with Gasteiger partial charge in [-0.05, 0) is 66.0 Å². The fraction of sp³-hybridized carbons (Fsp3) is 0.318. The highest BCUT2D eigenvalue weighted by Gasteiger charge is 2.26. The zero-order valence-electron chi connectivity index (χ0n) is 17.4. The van der Waals surface area contributed by atoms with Crippen LogP contribution in [-0.2, 0) is 11.3 Å². The molecule has 1 aromatic heterocycles. The summed E-state index contributed by atoms with van der Waals surface area (Å²) in [5.41, 5.74) is 3.13. The molecule has 1 atom stereocenters. The summed E-state index contributed by atoms with van der Waals surface area (Å²) in [6.07, 6.45) is 2.12. The van der Waals surface area contributed by atoms with E-state index in [1.165, 1.54) is 6.08 Å². The number of nitrogens with one attached hydrogen (secondary N) is 3. The summed E-state index contributed by atoms with van der Waals surface area (Å²) >= 11 is 7.00. The Labute approximate surface area is 197 Å². The van der Waals surface area contributed by atoms with Gasteiger partial charge in [0.05, 0.1) is 15.7 Å². The molecule has 0 spiro atoms. The molecule has 1 saturated heterocycles. The number of carbonyl (C=O) groups excluding carboxylic acids is 2. The largest absolute Gasteiger partial charge is 0.379 e. The van der Waals surface area contributed by atoms with Gasteiger partial charge < -0.3 is 20.5 Å². The van der Waals surface area contributed by atoms with Gasteiger partial charge in [0, 0.05) is 41.4 Å². The predicted octanol–water partition coefficient (Wildman–Crippen LogP) is 3.65. The summed E-state index contributed by atoms with van der Waals surface area (Å²) in [4.78, 5) is 41.4. The first-order valence-electron chi connectivity index (χ1n) is 9.84. The number of carbonyl (C=O) groups is 2. The number of aromatic nitrogens is 1. The molecule has 0 saturated carbocycles. The van der Waals surface area contributed by atoms with Crippen LogP contribution in [0.3, 0.4) is 0 Å². The van der Waals surface area contributed by atoms with Crippen molar-refractivity contribution in [1.29, 1.82) is 0 Å². The maximum atomic E-state index is 12.9. The second-order valence-electron chi connectivity index (χ2n) is 7.56. The quantitative estimate of drug-likeness (QED) is 0.478. The van der Waals surface area contributed by atoms with E-state index in [4.69, 9.17) is 0 Å². The lowest BCUT2D eigenvalue weighted by atomic mass is 10.1. The Bertz CT molecular complexity index is 1100. The van der Waals surface area contributed by atoms with E-state index in [2.05, 4.69) is 54.1 Å². The molecular formula is C22H24Br2N4O3. The minimum atomic E-state index is -0.300. The standard InChI is InChI=1S/C22H24Br2N4O3/c1-4-19(29)28-6-5-15(11-28)27-18-9-14(23)8-16(20(18)24)21(30)25-10-17-12(2)7-13(3)26-22(17)31/h4,7-9,15,27H,1,5-6,10-11H2,2-3H3,(H,25,30)(H,26,31). The third-order valence-electron chi connectivity index (χ3n) is 5.24. The van der Waals surface area contributed by atoms with Gasteiger partial charge >= 0.3 is 0 Å². The number of anilines is 1. The third kappa shape index (κ3) is 5.46. The number of nitrogens with zero attached hydrogens (tertiary/aromatic N) is 1. The average Bonchev–Trinajstić information content (AvgIpc) is 3.17. The molecule has 1 aliphatic rings. The molecule has 7 nitrogen and oxygen atoms in total. The van der Waals surface area contributed by atoms with Gasteiger partial charge in [-0.2, -0.15) is 0 Å². The Morgan fingerprint density at radius 1 is 1.29 bits per heavy atom. The molecule has 1 unspecified atom stereocenters. The molecule has 0 bridgehead atoms. The van der Waals surface area contributed by atoms with Crippen molar-refractivity contribution in [1.82, 2.24) is 15.2 Å².